The molecule has 0 spiro atoms. The number of amides is 1. The summed E-state index contributed by atoms with van der Waals surface area (Å²) in [6.07, 6.45) is 5.73. The first-order chi connectivity index (χ1) is 10.5. The summed E-state index contributed by atoms with van der Waals surface area (Å²) in [5, 5.41) is 3.15. The van der Waals surface area contributed by atoms with Gasteiger partial charge in [-0.3, -0.25) is 4.79 Å². The third-order valence-electron chi connectivity index (χ3n) is 5.12. The minimum Gasteiger partial charge on any atom is -0.326 e. The van der Waals surface area contributed by atoms with Gasteiger partial charge in [-0.1, -0.05) is 52.7 Å². The molecule has 0 saturated heterocycles. The van der Waals surface area contributed by atoms with E-state index in [2.05, 4.69) is 45.1 Å². The van der Waals surface area contributed by atoms with Crippen LogP contribution in [0.1, 0.15) is 58.9 Å². The van der Waals surface area contributed by atoms with Crippen molar-refractivity contribution in [3.63, 3.8) is 0 Å². The molecule has 0 aromatic heterocycles. The maximum absolute atomic E-state index is 12.7. The number of carbonyl (C=O) groups excluding carboxylic acids is 1. The fourth-order valence-electron chi connectivity index (χ4n) is 3.78. The first-order valence-electron chi connectivity index (χ1n) is 8.91. The number of aryl methyl sites for hydroxylation is 1. The average Bonchev–Trinajstić information content (AvgIpc) is 2.49. The van der Waals surface area contributed by atoms with E-state index in [9.17, 15) is 4.79 Å². The second kappa shape index (κ2) is 7.80. The maximum Gasteiger partial charge on any atom is 0.227 e. The molecule has 0 bridgehead atoms. The summed E-state index contributed by atoms with van der Waals surface area (Å²) < 4.78 is 0. The number of nitrogens with one attached hydrogen (secondary N) is 1. The van der Waals surface area contributed by atoms with Crippen molar-refractivity contribution in [3.05, 3.63) is 29.8 Å². The summed E-state index contributed by atoms with van der Waals surface area (Å²) >= 11 is 0. The van der Waals surface area contributed by atoms with E-state index in [4.69, 9.17) is 0 Å². The van der Waals surface area contributed by atoms with E-state index in [1.807, 2.05) is 12.1 Å². The first-order valence-corrected chi connectivity index (χ1v) is 8.91. The van der Waals surface area contributed by atoms with Gasteiger partial charge in [0, 0.05) is 11.6 Å². The number of hydrogen-bond acceptors (Lipinski definition) is 1. The van der Waals surface area contributed by atoms with Crippen LogP contribution in [0.15, 0.2) is 24.3 Å². The summed E-state index contributed by atoms with van der Waals surface area (Å²) in [4.78, 5) is 12.7. The molecule has 1 aromatic rings. The average molecular weight is 301 g/mol. The van der Waals surface area contributed by atoms with E-state index in [1.165, 1.54) is 18.4 Å². The molecule has 2 nitrogen and oxygen atoms in total. The third-order valence-corrected chi connectivity index (χ3v) is 5.12. The van der Waals surface area contributed by atoms with E-state index in [-0.39, 0.29) is 11.8 Å². The minimum atomic E-state index is 0.166. The van der Waals surface area contributed by atoms with Gasteiger partial charge in [-0.05, 0) is 54.7 Å². The highest BCUT2D eigenvalue weighted by molar-refractivity contribution is 5.92. The second-order valence-corrected chi connectivity index (χ2v) is 7.37. The summed E-state index contributed by atoms with van der Waals surface area (Å²) in [5.74, 6) is 2.15. The van der Waals surface area contributed by atoms with Crippen LogP contribution in [0.5, 0.6) is 0 Å². The molecule has 3 unspecified atom stereocenters. The van der Waals surface area contributed by atoms with Crippen molar-refractivity contribution in [1.82, 2.24) is 0 Å². The van der Waals surface area contributed by atoms with Crippen molar-refractivity contribution < 1.29 is 4.79 Å². The zero-order valence-corrected chi connectivity index (χ0v) is 14.6. The quantitative estimate of drug-likeness (QED) is 0.787. The molecular formula is C20H31NO. The highest BCUT2D eigenvalue weighted by Gasteiger charge is 2.35. The zero-order valence-electron chi connectivity index (χ0n) is 14.6. The van der Waals surface area contributed by atoms with Gasteiger partial charge in [0.25, 0.3) is 0 Å². The molecule has 0 aliphatic heterocycles. The molecule has 122 valence electrons. The summed E-state index contributed by atoms with van der Waals surface area (Å²) in [6.45, 7) is 8.96. The maximum atomic E-state index is 12.7. The van der Waals surface area contributed by atoms with Gasteiger partial charge in [-0.25, -0.2) is 0 Å². The first kappa shape index (κ1) is 17.1. The Balaban J connectivity index is 2.02. The van der Waals surface area contributed by atoms with Crippen molar-refractivity contribution in [2.24, 2.45) is 23.7 Å². The number of carbonyl (C=O) groups is 1. The molecule has 1 saturated carbocycles. The SMILES string of the molecule is CCCc1ccc(NC(=O)C2CC(C)CCC2C(C)C)cc1. The van der Waals surface area contributed by atoms with Crippen LogP contribution in [0, 0.1) is 23.7 Å². The van der Waals surface area contributed by atoms with Crippen molar-refractivity contribution in [2.75, 3.05) is 5.32 Å². The molecule has 2 heteroatoms. The topological polar surface area (TPSA) is 29.1 Å². The van der Waals surface area contributed by atoms with Gasteiger partial charge in [0.1, 0.15) is 0 Å². The minimum absolute atomic E-state index is 0.166. The molecule has 0 radical (unpaired) electrons. The van der Waals surface area contributed by atoms with E-state index in [1.54, 1.807) is 0 Å². The Bertz CT molecular complexity index is 477. The van der Waals surface area contributed by atoms with Crippen molar-refractivity contribution in [3.8, 4) is 0 Å². The normalized spacial score (nSPS) is 25.2. The zero-order chi connectivity index (χ0) is 16.1. The van der Waals surface area contributed by atoms with Crippen LogP contribution in [0.4, 0.5) is 5.69 Å². The summed E-state index contributed by atoms with van der Waals surface area (Å²) in [5.41, 5.74) is 2.28. The van der Waals surface area contributed by atoms with E-state index < -0.39 is 0 Å². The van der Waals surface area contributed by atoms with Gasteiger partial charge in [-0.15, -0.1) is 0 Å². The summed E-state index contributed by atoms with van der Waals surface area (Å²) in [6, 6.07) is 8.34. The molecular weight excluding hydrogens is 270 g/mol. The van der Waals surface area contributed by atoms with Crippen LogP contribution >= 0.6 is 0 Å². The number of anilines is 1. The molecule has 1 aromatic carbocycles. The van der Waals surface area contributed by atoms with Crippen LogP contribution in [-0.2, 0) is 11.2 Å². The van der Waals surface area contributed by atoms with Crippen LogP contribution in [0.25, 0.3) is 0 Å². The lowest BCUT2D eigenvalue weighted by Crippen LogP contribution is -2.36. The Hall–Kier alpha value is -1.31. The lowest BCUT2D eigenvalue weighted by molar-refractivity contribution is -0.123. The van der Waals surface area contributed by atoms with Gasteiger partial charge < -0.3 is 5.32 Å². The lowest BCUT2D eigenvalue weighted by atomic mass is 9.70. The molecule has 22 heavy (non-hydrogen) atoms. The van der Waals surface area contributed by atoms with Gasteiger partial charge in [0.2, 0.25) is 5.91 Å². The molecule has 0 heterocycles. The monoisotopic (exact) mass is 301 g/mol. The van der Waals surface area contributed by atoms with Crippen LogP contribution < -0.4 is 5.32 Å². The summed E-state index contributed by atoms with van der Waals surface area (Å²) in [7, 11) is 0. The van der Waals surface area contributed by atoms with Crippen molar-refractivity contribution >= 4 is 11.6 Å². The van der Waals surface area contributed by atoms with E-state index >= 15 is 0 Å². The molecule has 1 fully saturated rings. The number of hydrogen-bond donors (Lipinski definition) is 1. The molecule has 1 aliphatic carbocycles. The van der Waals surface area contributed by atoms with Gasteiger partial charge in [-0.2, -0.15) is 0 Å². The molecule has 3 atom stereocenters. The smallest absolute Gasteiger partial charge is 0.227 e. The molecule has 1 amide bonds. The van der Waals surface area contributed by atoms with Crippen LogP contribution in [0.3, 0.4) is 0 Å². The highest BCUT2D eigenvalue weighted by atomic mass is 16.1. The second-order valence-electron chi connectivity index (χ2n) is 7.37. The van der Waals surface area contributed by atoms with Crippen LogP contribution in [-0.4, -0.2) is 5.91 Å². The number of rotatable bonds is 5. The standard InChI is InChI=1S/C20H31NO/c1-5-6-16-8-10-17(11-9-16)21-20(22)19-13-15(4)7-12-18(19)14(2)3/h8-11,14-15,18-19H,5-7,12-13H2,1-4H3,(H,21,22). The molecule has 1 aliphatic rings. The Morgan fingerprint density at radius 3 is 2.50 bits per heavy atom. The van der Waals surface area contributed by atoms with Gasteiger partial charge in [0.15, 0.2) is 0 Å². The van der Waals surface area contributed by atoms with E-state index in [0.717, 1.165) is 24.9 Å². The molecule has 1 N–H and O–H groups in total. The van der Waals surface area contributed by atoms with Crippen molar-refractivity contribution in [1.29, 1.82) is 0 Å². The largest absolute Gasteiger partial charge is 0.326 e. The van der Waals surface area contributed by atoms with E-state index in [0.29, 0.717) is 17.8 Å². The van der Waals surface area contributed by atoms with Crippen LogP contribution in [0.2, 0.25) is 0 Å². The fraction of sp³-hybridized carbons (Fsp3) is 0.650. The number of benzene rings is 1. The highest BCUT2D eigenvalue weighted by Crippen LogP contribution is 2.38. The predicted octanol–water partition coefficient (Wildman–Crippen LogP) is 5.29. The Morgan fingerprint density at radius 1 is 1.23 bits per heavy atom. The Labute approximate surface area is 135 Å². The van der Waals surface area contributed by atoms with Gasteiger partial charge in [0.05, 0.1) is 0 Å². The fourth-order valence-corrected chi connectivity index (χ4v) is 3.78. The molecule has 2 rings (SSSR count). The Morgan fingerprint density at radius 2 is 1.91 bits per heavy atom. The van der Waals surface area contributed by atoms with Crippen molar-refractivity contribution in [2.45, 2.75) is 59.8 Å². The third kappa shape index (κ3) is 4.34. The lowest BCUT2D eigenvalue weighted by Gasteiger charge is -2.36. The predicted molar refractivity (Wildman–Crippen MR) is 93.9 cm³/mol. The Kier molecular flexibility index (Phi) is 6.05. The van der Waals surface area contributed by atoms with Gasteiger partial charge >= 0.3 is 0 Å².